The average molecular weight is 352 g/mol. The summed E-state index contributed by atoms with van der Waals surface area (Å²) < 4.78 is 6.23. The van der Waals surface area contributed by atoms with Crippen LogP contribution in [0.4, 0.5) is 0 Å². The van der Waals surface area contributed by atoms with E-state index >= 15 is 0 Å². The largest absolute Gasteiger partial charge is 0.504 e. The van der Waals surface area contributed by atoms with Crippen LogP contribution in [-0.2, 0) is 11.3 Å². The Labute approximate surface area is 148 Å². The predicted octanol–water partition coefficient (Wildman–Crippen LogP) is 2.37. The zero-order valence-electron chi connectivity index (χ0n) is 13.9. The van der Waals surface area contributed by atoms with E-state index in [2.05, 4.69) is 4.98 Å². The number of aromatic hydroxyl groups is 1. The molecule has 0 saturated heterocycles. The molecule has 3 rings (SSSR count). The summed E-state index contributed by atoms with van der Waals surface area (Å²) in [5.74, 6) is -0.791. The Balaban J connectivity index is 2.09. The van der Waals surface area contributed by atoms with Crippen LogP contribution in [0, 0.1) is 0 Å². The summed E-state index contributed by atoms with van der Waals surface area (Å²) in [4.78, 5) is 28.1. The van der Waals surface area contributed by atoms with E-state index in [0.29, 0.717) is 22.3 Å². The van der Waals surface area contributed by atoms with E-state index in [0.717, 1.165) is 0 Å². The number of phenolic OH excluding ortho intramolecular Hbond substituents is 1. The molecule has 7 heteroatoms. The number of benzene rings is 2. The summed E-state index contributed by atoms with van der Waals surface area (Å²) in [6.07, 6.45) is 3.16. The number of nitrogens with zero attached hydrogens (tertiary/aromatic N) is 2. The van der Waals surface area contributed by atoms with Crippen LogP contribution in [0.2, 0.25) is 0 Å². The van der Waals surface area contributed by atoms with Gasteiger partial charge in [-0.15, -0.1) is 0 Å². The number of aliphatic carboxylic acids is 1. The Morgan fingerprint density at radius 2 is 2.00 bits per heavy atom. The van der Waals surface area contributed by atoms with Gasteiger partial charge in [-0.2, -0.15) is 0 Å². The monoisotopic (exact) mass is 352 g/mol. The zero-order chi connectivity index (χ0) is 18.7. The van der Waals surface area contributed by atoms with Crippen molar-refractivity contribution >= 4 is 29.2 Å². The van der Waals surface area contributed by atoms with E-state index in [4.69, 9.17) is 9.84 Å². The molecule has 0 spiro atoms. The van der Waals surface area contributed by atoms with Crippen molar-refractivity contribution in [2.45, 2.75) is 6.54 Å². The lowest BCUT2D eigenvalue weighted by molar-refractivity contribution is -0.137. The highest BCUT2D eigenvalue weighted by molar-refractivity contribution is 5.79. The Morgan fingerprint density at radius 1 is 1.23 bits per heavy atom. The highest BCUT2D eigenvalue weighted by Crippen LogP contribution is 2.27. The molecule has 0 radical (unpaired) electrons. The molecule has 132 valence electrons. The molecular formula is C19H16N2O5. The lowest BCUT2D eigenvalue weighted by Gasteiger charge is -2.08. The molecule has 0 amide bonds. The molecule has 1 heterocycles. The summed E-state index contributed by atoms with van der Waals surface area (Å²) in [6, 6.07) is 11.6. The van der Waals surface area contributed by atoms with Gasteiger partial charge in [0.25, 0.3) is 5.56 Å². The lowest BCUT2D eigenvalue weighted by Crippen LogP contribution is -2.27. The number of hydrogen-bond acceptors (Lipinski definition) is 5. The van der Waals surface area contributed by atoms with E-state index < -0.39 is 18.1 Å². The molecule has 0 fully saturated rings. The van der Waals surface area contributed by atoms with Crippen molar-refractivity contribution in [3.63, 3.8) is 0 Å². The van der Waals surface area contributed by atoms with Crippen LogP contribution in [-0.4, -0.2) is 32.8 Å². The molecule has 3 aromatic rings. The van der Waals surface area contributed by atoms with Crippen molar-refractivity contribution in [3.05, 3.63) is 64.1 Å². The second kappa shape index (κ2) is 7.10. The molecule has 0 bridgehead atoms. The first-order valence-corrected chi connectivity index (χ1v) is 7.76. The number of carboxylic acids is 1. The number of methoxy groups -OCH3 is 1. The van der Waals surface area contributed by atoms with Crippen LogP contribution in [0.1, 0.15) is 11.3 Å². The molecule has 26 heavy (non-hydrogen) atoms. The van der Waals surface area contributed by atoms with Gasteiger partial charge in [0.05, 0.1) is 18.1 Å². The van der Waals surface area contributed by atoms with Gasteiger partial charge in [-0.1, -0.05) is 24.3 Å². The third-order valence-corrected chi connectivity index (χ3v) is 3.81. The third-order valence-electron chi connectivity index (χ3n) is 3.81. The summed E-state index contributed by atoms with van der Waals surface area (Å²) in [7, 11) is 1.44. The summed E-state index contributed by atoms with van der Waals surface area (Å²) in [6.45, 7) is -0.449. The average Bonchev–Trinajstić information content (AvgIpc) is 2.63. The molecule has 1 aromatic heterocycles. The maximum atomic E-state index is 12.6. The van der Waals surface area contributed by atoms with Crippen molar-refractivity contribution in [1.82, 2.24) is 9.55 Å². The number of fused-ring (bicyclic) bond motifs is 1. The number of phenols is 1. The van der Waals surface area contributed by atoms with Crippen molar-refractivity contribution in [3.8, 4) is 11.5 Å². The minimum absolute atomic E-state index is 0.0114. The molecule has 0 aliphatic carbocycles. The first kappa shape index (κ1) is 17.2. The van der Waals surface area contributed by atoms with Gasteiger partial charge in [0.1, 0.15) is 12.2 Å². The van der Waals surface area contributed by atoms with Crippen LogP contribution >= 0.6 is 0 Å². The molecule has 0 aliphatic heterocycles. The first-order valence-electron chi connectivity index (χ1n) is 7.76. The zero-order valence-corrected chi connectivity index (χ0v) is 13.9. The highest BCUT2D eigenvalue weighted by atomic mass is 16.5. The number of carbonyl (C=O) groups is 1. The lowest BCUT2D eigenvalue weighted by atomic mass is 10.1. The fourth-order valence-corrected chi connectivity index (χ4v) is 2.59. The molecule has 0 unspecified atom stereocenters. The van der Waals surface area contributed by atoms with Gasteiger partial charge in [0.2, 0.25) is 0 Å². The molecule has 2 N–H and O–H groups in total. The number of hydrogen-bond donors (Lipinski definition) is 2. The van der Waals surface area contributed by atoms with Gasteiger partial charge in [-0.25, -0.2) is 4.98 Å². The van der Waals surface area contributed by atoms with Crippen LogP contribution in [0.5, 0.6) is 11.5 Å². The Morgan fingerprint density at radius 3 is 2.73 bits per heavy atom. The first-order chi connectivity index (χ1) is 12.5. The van der Waals surface area contributed by atoms with Gasteiger partial charge in [-0.3, -0.25) is 14.2 Å². The minimum Gasteiger partial charge on any atom is -0.504 e. The molecule has 0 saturated carbocycles. The molecular weight excluding hydrogens is 336 g/mol. The molecule has 0 aliphatic rings. The number of rotatable bonds is 5. The summed E-state index contributed by atoms with van der Waals surface area (Å²) >= 11 is 0. The topological polar surface area (TPSA) is 102 Å². The third kappa shape index (κ3) is 3.41. The van der Waals surface area contributed by atoms with E-state index in [1.54, 1.807) is 42.5 Å². The molecule has 7 nitrogen and oxygen atoms in total. The predicted molar refractivity (Wildman–Crippen MR) is 97.2 cm³/mol. The normalized spacial score (nSPS) is 11.1. The van der Waals surface area contributed by atoms with Crippen LogP contribution in [0.15, 0.2) is 47.3 Å². The van der Waals surface area contributed by atoms with Crippen molar-refractivity contribution in [2.75, 3.05) is 7.11 Å². The van der Waals surface area contributed by atoms with Crippen LogP contribution in [0.25, 0.3) is 23.2 Å². The Bertz CT molecular complexity index is 1070. The van der Waals surface area contributed by atoms with Gasteiger partial charge in [0, 0.05) is 0 Å². The maximum absolute atomic E-state index is 12.6. The molecule has 0 atom stereocenters. The second-order valence-corrected chi connectivity index (χ2v) is 5.54. The number of aromatic nitrogens is 2. The highest BCUT2D eigenvalue weighted by Gasteiger charge is 2.11. The summed E-state index contributed by atoms with van der Waals surface area (Å²) in [5, 5.41) is 18.7. The number of carboxylic acid groups (broad SMARTS) is 1. The van der Waals surface area contributed by atoms with E-state index in [9.17, 15) is 14.7 Å². The van der Waals surface area contributed by atoms with E-state index in [1.807, 2.05) is 0 Å². The number of ether oxygens (including phenoxy) is 1. The second-order valence-electron chi connectivity index (χ2n) is 5.54. The fourth-order valence-electron chi connectivity index (χ4n) is 2.59. The fraction of sp³-hybridized carbons (Fsp3) is 0.105. The molecule has 2 aromatic carbocycles. The van der Waals surface area contributed by atoms with Gasteiger partial charge < -0.3 is 14.9 Å². The Kier molecular flexibility index (Phi) is 4.70. The van der Waals surface area contributed by atoms with Crippen LogP contribution in [0.3, 0.4) is 0 Å². The van der Waals surface area contributed by atoms with Gasteiger partial charge >= 0.3 is 5.97 Å². The van der Waals surface area contributed by atoms with Crippen LogP contribution < -0.4 is 10.3 Å². The standard InChI is InChI=1S/C19H16N2O5/c1-26-17-10-12(7-9-16(17)22)6-8-14-19(25)21(11-18(23)24)15-5-3-2-4-13(15)20-14/h2-10,22H,11H2,1H3,(H,23,24)/b8-6+. The summed E-state index contributed by atoms with van der Waals surface area (Å²) in [5.41, 5.74) is 1.31. The smallest absolute Gasteiger partial charge is 0.323 e. The minimum atomic E-state index is -1.11. The van der Waals surface area contributed by atoms with Gasteiger partial charge in [-0.05, 0) is 35.9 Å². The SMILES string of the molecule is COc1cc(/C=C/c2nc3ccccc3n(CC(=O)O)c2=O)ccc1O. The Hall–Kier alpha value is -3.61. The van der Waals surface area contributed by atoms with Gasteiger partial charge in [0.15, 0.2) is 11.5 Å². The quantitative estimate of drug-likeness (QED) is 0.731. The van der Waals surface area contributed by atoms with E-state index in [-0.39, 0.29) is 11.4 Å². The number of para-hydroxylation sites is 2. The van der Waals surface area contributed by atoms with Crippen molar-refractivity contribution in [1.29, 1.82) is 0 Å². The maximum Gasteiger partial charge on any atom is 0.323 e. The van der Waals surface area contributed by atoms with Crippen molar-refractivity contribution in [2.24, 2.45) is 0 Å². The van der Waals surface area contributed by atoms with Crippen molar-refractivity contribution < 1.29 is 19.7 Å². The van der Waals surface area contributed by atoms with E-state index in [1.165, 1.54) is 23.8 Å².